The fourth-order valence-electron chi connectivity index (χ4n) is 2.53. The van der Waals surface area contributed by atoms with E-state index in [-0.39, 0.29) is 0 Å². The van der Waals surface area contributed by atoms with Gasteiger partial charge in [0.05, 0.1) is 6.61 Å². The van der Waals surface area contributed by atoms with Gasteiger partial charge < -0.3 is 10.1 Å². The number of hydrogen-bond acceptors (Lipinski definition) is 3. The Hall–Kier alpha value is -1.32. The second-order valence-corrected chi connectivity index (χ2v) is 6.12. The van der Waals surface area contributed by atoms with Gasteiger partial charge in [-0.05, 0) is 61.9 Å². The second-order valence-electron chi connectivity index (χ2n) is 5.08. The van der Waals surface area contributed by atoms with E-state index in [2.05, 4.69) is 54.0 Å². The Bertz CT molecular complexity index is 492. The normalized spacial score (nSPS) is 12.3. The van der Waals surface area contributed by atoms with Crippen molar-refractivity contribution in [3.05, 3.63) is 52.2 Å². The highest BCUT2D eigenvalue weighted by molar-refractivity contribution is 7.09. The van der Waals surface area contributed by atoms with E-state index in [0.717, 1.165) is 18.9 Å². The van der Waals surface area contributed by atoms with Crippen molar-refractivity contribution in [2.24, 2.45) is 0 Å². The molecule has 1 atom stereocenters. The summed E-state index contributed by atoms with van der Waals surface area (Å²) in [6.45, 7) is 5.90. The van der Waals surface area contributed by atoms with Gasteiger partial charge in [-0.25, -0.2) is 0 Å². The van der Waals surface area contributed by atoms with Gasteiger partial charge in [-0.2, -0.15) is 0 Å². The van der Waals surface area contributed by atoms with Crippen molar-refractivity contribution >= 4 is 11.3 Å². The molecule has 1 aromatic carbocycles. The molecule has 0 aliphatic carbocycles. The van der Waals surface area contributed by atoms with Gasteiger partial charge in [0.15, 0.2) is 0 Å². The van der Waals surface area contributed by atoms with Crippen molar-refractivity contribution in [1.82, 2.24) is 5.32 Å². The van der Waals surface area contributed by atoms with Crippen LogP contribution in [0, 0.1) is 0 Å². The summed E-state index contributed by atoms with van der Waals surface area (Å²) in [7, 11) is 0. The number of thiophene rings is 1. The van der Waals surface area contributed by atoms with E-state index in [1.54, 1.807) is 0 Å². The quantitative estimate of drug-likeness (QED) is 0.717. The third kappa shape index (κ3) is 5.18. The molecule has 3 heteroatoms. The van der Waals surface area contributed by atoms with Gasteiger partial charge in [0.25, 0.3) is 0 Å². The molecule has 0 radical (unpaired) electrons. The first kappa shape index (κ1) is 16.1. The molecule has 0 aliphatic heterocycles. The Morgan fingerprint density at radius 3 is 2.57 bits per heavy atom. The average Bonchev–Trinajstić information content (AvgIpc) is 3.01. The molecule has 0 spiro atoms. The molecular formula is C18H25NOS. The third-order valence-electron chi connectivity index (χ3n) is 3.54. The molecule has 114 valence electrons. The summed E-state index contributed by atoms with van der Waals surface area (Å²) in [4.78, 5) is 1.48. The minimum absolute atomic E-state index is 0.436. The zero-order chi connectivity index (χ0) is 14.9. The lowest BCUT2D eigenvalue weighted by atomic mass is 10.0. The number of rotatable bonds is 9. The number of benzene rings is 1. The maximum absolute atomic E-state index is 5.51. The van der Waals surface area contributed by atoms with Crippen molar-refractivity contribution in [3.63, 3.8) is 0 Å². The molecule has 21 heavy (non-hydrogen) atoms. The minimum atomic E-state index is 0.436. The van der Waals surface area contributed by atoms with Gasteiger partial charge in [0.1, 0.15) is 5.75 Å². The van der Waals surface area contributed by atoms with Gasteiger partial charge in [-0.1, -0.05) is 25.1 Å². The van der Waals surface area contributed by atoms with E-state index >= 15 is 0 Å². The molecule has 0 fully saturated rings. The summed E-state index contributed by atoms with van der Waals surface area (Å²) in [6.07, 6.45) is 3.56. The lowest BCUT2D eigenvalue weighted by Gasteiger charge is -2.18. The van der Waals surface area contributed by atoms with Crippen molar-refractivity contribution in [1.29, 1.82) is 0 Å². The van der Waals surface area contributed by atoms with Crippen molar-refractivity contribution in [2.45, 2.75) is 39.2 Å². The highest BCUT2D eigenvalue weighted by Gasteiger charge is 2.10. The van der Waals surface area contributed by atoms with Crippen molar-refractivity contribution in [3.8, 4) is 5.75 Å². The van der Waals surface area contributed by atoms with Crippen LogP contribution in [0.15, 0.2) is 41.8 Å². The van der Waals surface area contributed by atoms with Gasteiger partial charge in [-0.15, -0.1) is 11.3 Å². The second kappa shape index (κ2) is 8.85. The van der Waals surface area contributed by atoms with E-state index in [1.165, 1.54) is 29.7 Å². The Kier molecular flexibility index (Phi) is 6.77. The van der Waals surface area contributed by atoms with Crippen LogP contribution in [0.4, 0.5) is 0 Å². The van der Waals surface area contributed by atoms with Crippen LogP contribution >= 0.6 is 11.3 Å². The molecule has 0 bridgehead atoms. The molecule has 2 rings (SSSR count). The first-order valence-electron chi connectivity index (χ1n) is 7.82. The van der Waals surface area contributed by atoms with E-state index in [4.69, 9.17) is 4.74 Å². The number of ether oxygens (including phenoxy) is 1. The van der Waals surface area contributed by atoms with Gasteiger partial charge >= 0.3 is 0 Å². The standard InChI is InChI=1S/C18H25NOS/c1-3-19-18(9-5-7-17-8-6-14-21-17)15-10-12-16(13-11-15)20-4-2/h6,8,10-14,18-19H,3-5,7,9H2,1-2H3. The average molecular weight is 303 g/mol. The summed E-state index contributed by atoms with van der Waals surface area (Å²) in [5.74, 6) is 0.954. The smallest absolute Gasteiger partial charge is 0.119 e. The maximum atomic E-state index is 5.51. The molecule has 0 saturated carbocycles. The number of aryl methyl sites for hydroxylation is 1. The summed E-state index contributed by atoms with van der Waals surface area (Å²) in [5.41, 5.74) is 1.35. The number of hydrogen-bond donors (Lipinski definition) is 1. The highest BCUT2D eigenvalue weighted by Crippen LogP contribution is 2.23. The Labute approximate surface area is 132 Å². The molecule has 1 aromatic heterocycles. The van der Waals surface area contributed by atoms with Crippen LogP contribution in [0.2, 0.25) is 0 Å². The van der Waals surface area contributed by atoms with E-state index in [9.17, 15) is 0 Å². The summed E-state index contributed by atoms with van der Waals surface area (Å²) in [5, 5.41) is 5.75. The van der Waals surface area contributed by atoms with Crippen LogP contribution in [-0.4, -0.2) is 13.2 Å². The summed E-state index contributed by atoms with van der Waals surface area (Å²) < 4.78 is 5.51. The molecule has 1 N–H and O–H groups in total. The highest BCUT2D eigenvalue weighted by atomic mass is 32.1. The monoisotopic (exact) mass is 303 g/mol. The summed E-state index contributed by atoms with van der Waals surface area (Å²) >= 11 is 1.85. The molecule has 2 nitrogen and oxygen atoms in total. The Balaban J connectivity index is 1.90. The zero-order valence-corrected chi connectivity index (χ0v) is 13.8. The molecule has 0 saturated heterocycles. The predicted molar refractivity (Wildman–Crippen MR) is 91.3 cm³/mol. The largest absolute Gasteiger partial charge is 0.494 e. The van der Waals surface area contributed by atoms with E-state index < -0.39 is 0 Å². The van der Waals surface area contributed by atoms with Crippen LogP contribution in [0.5, 0.6) is 5.75 Å². The van der Waals surface area contributed by atoms with Crippen molar-refractivity contribution in [2.75, 3.05) is 13.2 Å². The zero-order valence-electron chi connectivity index (χ0n) is 13.0. The molecule has 1 heterocycles. The van der Waals surface area contributed by atoms with Crippen molar-refractivity contribution < 1.29 is 4.74 Å². The third-order valence-corrected chi connectivity index (χ3v) is 4.48. The molecule has 0 amide bonds. The molecule has 2 aromatic rings. The molecular weight excluding hydrogens is 278 g/mol. The van der Waals surface area contributed by atoms with Gasteiger partial charge in [0.2, 0.25) is 0 Å². The first-order chi connectivity index (χ1) is 10.3. The van der Waals surface area contributed by atoms with Gasteiger partial charge in [-0.3, -0.25) is 0 Å². The number of nitrogens with one attached hydrogen (secondary N) is 1. The Morgan fingerprint density at radius 2 is 1.95 bits per heavy atom. The fraction of sp³-hybridized carbons (Fsp3) is 0.444. The molecule has 1 unspecified atom stereocenters. The lowest BCUT2D eigenvalue weighted by Crippen LogP contribution is -2.21. The SMILES string of the molecule is CCNC(CCCc1cccs1)c1ccc(OCC)cc1. The predicted octanol–water partition coefficient (Wildman–Crippen LogP) is 4.82. The molecule has 0 aliphatic rings. The summed E-state index contributed by atoms with van der Waals surface area (Å²) in [6, 6.07) is 13.3. The maximum Gasteiger partial charge on any atom is 0.119 e. The Morgan fingerprint density at radius 1 is 1.14 bits per heavy atom. The van der Waals surface area contributed by atoms with E-state index in [0.29, 0.717) is 6.04 Å². The fourth-order valence-corrected chi connectivity index (χ4v) is 3.28. The topological polar surface area (TPSA) is 21.3 Å². The first-order valence-corrected chi connectivity index (χ1v) is 8.70. The lowest BCUT2D eigenvalue weighted by molar-refractivity contribution is 0.340. The minimum Gasteiger partial charge on any atom is -0.494 e. The van der Waals surface area contributed by atoms with Crippen LogP contribution in [0.1, 0.15) is 43.2 Å². The van der Waals surface area contributed by atoms with Gasteiger partial charge in [0, 0.05) is 10.9 Å². The van der Waals surface area contributed by atoms with Crippen LogP contribution in [-0.2, 0) is 6.42 Å². The van der Waals surface area contributed by atoms with Crippen LogP contribution in [0.3, 0.4) is 0 Å². The van der Waals surface area contributed by atoms with E-state index in [1.807, 2.05) is 18.3 Å². The van der Waals surface area contributed by atoms with Crippen LogP contribution < -0.4 is 10.1 Å². The van der Waals surface area contributed by atoms with Crippen LogP contribution in [0.25, 0.3) is 0 Å².